The van der Waals surface area contributed by atoms with Gasteiger partial charge < -0.3 is 25.6 Å². The smallest absolute Gasteiger partial charge is 0.323 e. The van der Waals surface area contributed by atoms with Gasteiger partial charge >= 0.3 is 6.03 Å². The Morgan fingerprint density at radius 3 is 2.52 bits per heavy atom. The topological polar surface area (TPSA) is 91.4 Å². The zero-order valence-corrected chi connectivity index (χ0v) is 18.0. The molecule has 0 bridgehead atoms. The summed E-state index contributed by atoms with van der Waals surface area (Å²) in [5.41, 5.74) is 3.31. The number of nitrogens with one attached hydrogen (secondary N) is 3. The van der Waals surface area contributed by atoms with Gasteiger partial charge in [0, 0.05) is 41.1 Å². The third-order valence-electron chi connectivity index (χ3n) is 4.76. The molecule has 0 spiro atoms. The van der Waals surface area contributed by atoms with Crippen molar-refractivity contribution in [3.63, 3.8) is 0 Å². The number of urea groups is 1. The number of carbonyl (C=O) groups is 1. The van der Waals surface area contributed by atoms with E-state index in [9.17, 15) is 4.79 Å². The normalized spacial score (nSPS) is 13.5. The number of amides is 2. The summed E-state index contributed by atoms with van der Waals surface area (Å²) in [5, 5.41) is 17.2. The summed E-state index contributed by atoms with van der Waals surface area (Å²) >= 11 is 1.63. The van der Waals surface area contributed by atoms with Gasteiger partial charge in [0.05, 0.1) is 25.1 Å². The Morgan fingerprint density at radius 1 is 1.00 bits per heavy atom. The first-order valence-electron chi connectivity index (χ1n) is 9.94. The molecule has 3 aromatic rings. The summed E-state index contributed by atoms with van der Waals surface area (Å²) in [4.78, 5) is 15.6. The third-order valence-corrected chi connectivity index (χ3v) is 5.48. The number of carbonyl (C=O) groups excluding carboxylic acids is 1. The Bertz CT molecular complexity index is 1020. The van der Waals surface area contributed by atoms with Gasteiger partial charge in [0.15, 0.2) is 5.82 Å². The average Bonchev–Trinajstić information content (AvgIpc) is 2.81. The number of anilines is 5. The molecule has 0 radical (unpaired) electrons. The number of hydrogen-bond acceptors (Lipinski definition) is 7. The van der Waals surface area contributed by atoms with Gasteiger partial charge in [-0.25, -0.2) is 4.79 Å². The third kappa shape index (κ3) is 5.87. The van der Waals surface area contributed by atoms with E-state index < -0.39 is 0 Å². The number of morpholine rings is 1. The van der Waals surface area contributed by atoms with E-state index in [0.717, 1.165) is 48.3 Å². The number of ether oxygens (including phenoxy) is 1. The summed E-state index contributed by atoms with van der Waals surface area (Å²) in [6.07, 6.45) is 3.76. The monoisotopic (exact) mass is 436 g/mol. The molecule has 1 aromatic heterocycles. The molecular weight excluding hydrogens is 412 g/mol. The number of hydrogen-bond donors (Lipinski definition) is 3. The maximum atomic E-state index is 12.3. The molecule has 0 atom stereocenters. The molecule has 1 aliphatic rings. The second-order valence-electron chi connectivity index (χ2n) is 6.91. The van der Waals surface area contributed by atoms with Crippen LogP contribution in [0.1, 0.15) is 0 Å². The van der Waals surface area contributed by atoms with E-state index in [2.05, 4.69) is 31.0 Å². The number of rotatable bonds is 6. The van der Waals surface area contributed by atoms with E-state index in [1.807, 2.05) is 60.9 Å². The van der Waals surface area contributed by atoms with E-state index in [4.69, 9.17) is 4.74 Å². The zero-order valence-electron chi connectivity index (χ0n) is 17.2. The van der Waals surface area contributed by atoms with Crippen molar-refractivity contribution in [1.82, 2.24) is 10.2 Å². The highest BCUT2D eigenvalue weighted by atomic mass is 32.2. The summed E-state index contributed by atoms with van der Waals surface area (Å²) in [7, 11) is 0. The summed E-state index contributed by atoms with van der Waals surface area (Å²) in [6.45, 7) is 3.12. The zero-order chi connectivity index (χ0) is 21.5. The predicted octanol–water partition coefficient (Wildman–Crippen LogP) is 4.42. The van der Waals surface area contributed by atoms with Crippen LogP contribution in [0.15, 0.2) is 65.7 Å². The first-order chi connectivity index (χ1) is 15.2. The highest BCUT2D eigenvalue weighted by Gasteiger charge is 2.12. The molecule has 0 saturated carbocycles. The van der Waals surface area contributed by atoms with Crippen LogP contribution >= 0.6 is 11.8 Å². The second kappa shape index (κ2) is 10.1. The lowest BCUT2D eigenvalue weighted by Crippen LogP contribution is -2.36. The minimum Gasteiger partial charge on any atom is -0.378 e. The standard InChI is InChI=1S/C22H24N6O2S/c1-31-20-4-2-3-18(13-20)26-22(29)25-17-7-5-16(6-8-17)24-21-14-19(15-23-27-21)28-9-11-30-12-10-28/h2-8,13-15H,9-12H2,1H3,(H,24,27)(H2,25,26,29). The van der Waals surface area contributed by atoms with Gasteiger partial charge in [0.25, 0.3) is 0 Å². The molecule has 0 unspecified atom stereocenters. The molecule has 160 valence electrons. The second-order valence-corrected chi connectivity index (χ2v) is 7.79. The molecule has 31 heavy (non-hydrogen) atoms. The first kappa shape index (κ1) is 21.0. The minimum atomic E-state index is -0.289. The van der Waals surface area contributed by atoms with Crippen molar-refractivity contribution in [3.05, 3.63) is 60.8 Å². The van der Waals surface area contributed by atoms with Gasteiger partial charge in [-0.15, -0.1) is 16.9 Å². The van der Waals surface area contributed by atoms with Crippen molar-refractivity contribution in [2.24, 2.45) is 0 Å². The fourth-order valence-corrected chi connectivity index (χ4v) is 3.65. The average molecular weight is 437 g/mol. The Hall–Kier alpha value is -3.30. The molecule has 1 fully saturated rings. The number of benzene rings is 2. The van der Waals surface area contributed by atoms with Crippen LogP contribution in [0.4, 0.5) is 33.4 Å². The number of aromatic nitrogens is 2. The molecule has 0 aliphatic carbocycles. The first-order valence-corrected chi connectivity index (χ1v) is 11.2. The summed E-state index contributed by atoms with van der Waals surface area (Å²) < 4.78 is 5.40. The molecule has 2 heterocycles. The van der Waals surface area contributed by atoms with Gasteiger partial charge in [0.1, 0.15) is 0 Å². The molecule has 1 saturated heterocycles. The van der Waals surface area contributed by atoms with Crippen LogP contribution in [0, 0.1) is 0 Å². The molecule has 2 aromatic carbocycles. The van der Waals surface area contributed by atoms with E-state index in [-0.39, 0.29) is 6.03 Å². The van der Waals surface area contributed by atoms with E-state index in [1.54, 1.807) is 18.0 Å². The molecule has 3 N–H and O–H groups in total. The molecular formula is C22H24N6O2S. The highest BCUT2D eigenvalue weighted by molar-refractivity contribution is 7.98. The van der Waals surface area contributed by atoms with E-state index in [1.165, 1.54) is 0 Å². The predicted molar refractivity (Wildman–Crippen MR) is 126 cm³/mol. The molecule has 9 heteroatoms. The molecule has 8 nitrogen and oxygen atoms in total. The quantitative estimate of drug-likeness (QED) is 0.493. The van der Waals surface area contributed by atoms with Crippen LogP contribution in [-0.4, -0.2) is 48.8 Å². The van der Waals surface area contributed by atoms with Crippen LogP contribution in [0.3, 0.4) is 0 Å². The van der Waals surface area contributed by atoms with E-state index >= 15 is 0 Å². The fourth-order valence-electron chi connectivity index (χ4n) is 3.19. The van der Waals surface area contributed by atoms with Gasteiger partial charge in [-0.2, -0.15) is 5.10 Å². The largest absolute Gasteiger partial charge is 0.378 e. The van der Waals surface area contributed by atoms with Gasteiger partial charge in [-0.3, -0.25) is 0 Å². The van der Waals surface area contributed by atoms with Crippen molar-refractivity contribution in [3.8, 4) is 0 Å². The van der Waals surface area contributed by atoms with Crippen LogP contribution < -0.4 is 20.9 Å². The lowest BCUT2D eigenvalue weighted by molar-refractivity contribution is 0.122. The SMILES string of the molecule is CSc1cccc(NC(=O)Nc2ccc(Nc3cc(N4CCOCC4)cnn3)cc2)c1. The number of thioether (sulfide) groups is 1. The van der Waals surface area contributed by atoms with Crippen molar-refractivity contribution in [2.45, 2.75) is 4.90 Å². The summed E-state index contributed by atoms with van der Waals surface area (Å²) in [5.74, 6) is 0.663. The van der Waals surface area contributed by atoms with Gasteiger partial charge in [-0.1, -0.05) is 6.07 Å². The molecule has 1 aliphatic heterocycles. The minimum absolute atomic E-state index is 0.289. The van der Waals surface area contributed by atoms with Crippen molar-refractivity contribution in [2.75, 3.05) is 53.4 Å². The number of nitrogens with zero attached hydrogens (tertiary/aromatic N) is 3. The van der Waals surface area contributed by atoms with Crippen LogP contribution in [0.5, 0.6) is 0 Å². The Morgan fingerprint density at radius 2 is 1.74 bits per heavy atom. The molecule has 2 amide bonds. The Balaban J connectivity index is 1.34. The highest BCUT2D eigenvalue weighted by Crippen LogP contribution is 2.22. The van der Waals surface area contributed by atoms with Crippen LogP contribution in [-0.2, 0) is 4.74 Å². The lowest BCUT2D eigenvalue weighted by Gasteiger charge is -2.28. The summed E-state index contributed by atoms with van der Waals surface area (Å²) in [6, 6.07) is 16.8. The van der Waals surface area contributed by atoms with Crippen LogP contribution in [0.25, 0.3) is 0 Å². The Kier molecular flexibility index (Phi) is 6.85. The fraction of sp³-hybridized carbons (Fsp3) is 0.227. The Labute approximate surface area is 185 Å². The maximum absolute atomic E-state index is 12.3. The maximum Gasteiger partial charge on any atom is 0.323 e. The van der Waals surface area contributed by atoms with Gasteiger partial charge in [0.2, 0.25) is 0 Å². The van der Waals surface area contributed by atoms with Crippen LogP contribution in [0.2, 0.25) is 0 Å². The van der Waals surface area contributed by atoms with Crippen molar-refractivity contribution >= 4 is 46.4 Å². The molecule has 4 rings (SSSR count). The van der Waals surface area contributed by atoms with Crippen molar-refractivity contribution < 1.29 is 9.53 Å². The lowest BCUT2D eigenvalue weighted by atomic mass is 10.2. The van der Waals surface area contributed by atoms with Crippen molar-refractivity contribution in [1.29, 1.82) is 0 Å². The van der Waals surface area contributed by atoms with E-state index in [0.29, 0.717) is 11.5 Å². The van der Waals surface area contributed by atoms with Gasteiger partial charge in [-0.05, 0) is 48.7 Å².